The van der Waals surface area contributed by atoms with Crippen molar-refractivity contribution in [2.75, 3.05) is 11.9 Å². The van der Waals surface area contributed by atoms with Gasteiger partial charge in [0.1, 0.15) is 5.02 Å². The van der Waals surface area contributed by atoms with E-state index in [-0.39, 0.29) is 23.5 Å². The summed E-state index contributed by atoms with van der Waals surface area (Å²) in [4.78, 5) is 23.8. The molecule has 1 atom stereocenters. The van der Waals surface area contributed by atoms with Crippen LogP contribution < -0.4 is 10.9 Å². The van der Waals surface area contributed by atoms with Gasteiger partial charge in [-0.2, -0.15) is 9.78 Å². The van der Waals surface area contributed by atoms with Crippen LogP contribution >= 0.6 is 23.2 Å². The summed E-state index contributed by atoms with van der Waals surface area (Å²) in [5.41, 5.74) is 0.554. The summed E-state index contributed by atoms with van der Waals surface area (Å²) in [6, 6.07) is 6.63. The van der Waals surface area contributed by atoms with Crippen molar-refractivity contribution >= 4 is 34.9 Å². The van der Waals surface area contributed by atoms with Gasteiger partial charge in [-0.1, -0.05) is 23.2 Å². The van der Waals surface area contributed by atoms with E-state index in [1.54, 1.807) is 31.2 Å². The van der Waals surface area contributed by atoms with Gasteiger partial charge in [0, 0.05) is 17.5 Å². The Morgan fingerprint density at radius 2 is 2.00 bits per heavy atom. The maximum Gasteiger partial charge on any atom is 0.305 e. The number of nitrogens with one attached hydrogen (secondary N) is 1. The summed E-state index contributed by atoms with van der Waals surface area (Å²) < 4.78 is 6.09. The fraction of sp³-hybridized carbons (Fsp3) is 0.353. The molecule has 0 spiro atoms. The first-order valence-corrected chi connectivity index (χ1v) is 8.64. The molecule has 0 saturated heterocycles. The number of aromatic nitrogens is 2. The highest BCUT2D eigenvalue weighted by Crippen LogP contribution is 2.19. The minimum absolute atomic E-state index is 0.0351. The summed E-state index contributed by atoms with van der Waals surface area (Å²) in [6.45, 7) is 4.01. The largest absolute Gasteiger partial charge is 0.466 e. The van der Waals surface area contributed by atoms with E-state index < -0.39 is 5.56 Å². The molecular weight excluding hydrogens is 365 g/mol. The number of ether oxygens (including phenoxy) is 1. The topological polar surface area (TPSA) is 73.2 Å². The van der Waals surface area contributed by atoms with Crippen LogP contribution in [0.25, 0.3) is 5.69 Å². The lowest BCUT2D eigenvalue weighted by molar-refractivity contribution is -0.143. The second-order valence-corrected chi connectivity index (χ2v) is 6.27. The van der Waals surface area contributed by atoms with E-state index >= 15 is 0 Å². The lowest BCUT2D eigenvalue weighted by Crippen LogP contribution is -2.25. The second kappa shape index (κ2) is 8.87. The highest BCUT2D eigenvalue weighted by Gasteiger charge is 2.14. The summed E-state index contributed by atoms with van der Waals surface area (Å²) in [7, 11) is 0. The lowest BCUT2D eigenvalue weighted by Gasteiger charge is -2.16. The van der Waals surface area contributed by atoms with E-state index in [0.29, 0.717) is 29.4 Å². The molecule has 25 heavy (non-hydrogen) atoms. The molecule has 1 heterocycles. The predicted molar refractivity (Wildman–Crippen MR) is 98.8 cm³/mol. The molecule has 0 saturated carbocycles. The van der Waals surface area contributed by atoms with Crippen LogP contribution in [0.2, 0.25) is 10.0 Å². The van der Waals surface area contributed by atoms with Gasteiger partial charge in [0.05, 0.1) is 24.2 Å². The van der Waals surface area contributed by atoms with Gasteiger partial charge in [0.25, 0.3) is 5.56 Å². The summed E-state index contributed by atoms with van der Waals surface area (Å²) >= 11 is 12.0. The van der Waals surface area contributed by atoms with Crippen molar-refractivity contribution in [1.82, 2.24) is 9.78 Å². The highest BCUT2D eigenvalue weighted by molar-refractivity contribution is 6.33. The first-order chi connectivity index (χ1) is 11.9. The molecule has 0 aliphatic rings. The second-order valence-electron chi connectivity index (χ2n) is 5.45. The molecule has 0 aliphatic heterocycles. The van der Waals surface area contributed by atoms with E-state index in [1.165, 1.54) is 10.9 Å². The molecule has 8 heteroatoms. The van der Waals surface area contributed by atoms with Gasteiger partial charge in [-0.05, 0) is 44.5 Å². The summed E-state index contributed by atoms with van der Waals surface area (Å²) in [5, 5.41) is 7.84. The Labute approximate surface area is 155 Å². The average Bonchev–Trinajstić information content (AvgIpc) is 2.59. The summed E-state index contributed by atoms with van der Waals surface area (Å²) in [5.74, 6) is -0.251. The van der Waals surface area contributed by atoms with Crippen molar-refractivity contribution < 1.29 is 9.53 Å². The maximum atomic E-state index is 12.4. The molecule has 1 aromatic heterocycles. The van der Waals surface area contributed by atoms with Gasteiger partial charge in [-0.15, -0.1) is 0 Å². The van der Waals surface area contributed by atoms with Crippen LogP contribution in [0.3, 0.4) is 0 Å². The number of hydrogen-bond donors (Lipinski definition) is 1. The molecule has 0 fully saturated rings. The van der Waals surface area contributed by atoms with Crippen molar-refractivity contribution in [3.8, 4) is 5.69 Å². The summed E-state index contributed by atoms with van der Waals surface area (Å²) in [6.07, 6.45) is 2.32. The van der Waals surface area contributed by atoms with Gasteiger partial charge in [-0.3, -0.25) is 9.59 Å². The molecule has 1 N–H and O–H groups in total. The monoisotopic (exact) mass is 383 g/mol. The number of benzene rings is 1. The number of nitrogens with zero attached hydrogens (tertiary/aromatic N) is 2. The molecule has 0 bridgehead atoms. The predicted octanol–water partition coefficient (Wildman–Crippen LogP) is 3.68. The Morgan fingerprint density at radius 3 is 2.64 bits per heavy atom. The molecule has 2 rings (SSSR count). The third-order valence-corrected chi connectivity index (χ3v) is 4.10. The van der Waals surface area contributed by atoms with Gasteiger partial charge in [-0.25, -0.2) is 0 Å². The smallest absolute Gasteiger partial charge is 0.305 e. The number of rotatable bonds is 7. The van der Waals surface area contributed by atoms with E-state index in [4.69, 9.17) is 27.9 Å². The Morgan fingerprint density at radius 1 is 1.32 bits per heavy atom. The third kappa shape index (κ3) is 5.21. The minimum Gasteiger partial charge on any atom is -0.466 e. The van der Waals surface area contributed by atoms with Crippen molar-refractivity contribution in [2.45, 2.75) is 32.7 Å². The first kappa shape index (κ1) is 19.3. The van der Waals surface area contributed by atoms with Crippen LogP contribution in [0.1, 0.15) is 26.7 Å². The number of carbonyl (C=O) groups is 1. The van der Waals surface area contributed by atoms with Crippen LogP contribution in [0.15, 0.2) is 35.3 Å². The SMILES string of the molecule is CCOC(=O)CCC(C)Nc1cnn(-c2ccc(Cl)cc2)c(=O)c1Cl. The number of carbonyl (C=O) groups excluding carboxylic acids is 1. The molecule has 0 radical (unpaired) electrons. The van der Waals surface area contributed by atoms with E-state index in [9.17, 15) is 9.59 Å². The maximum absolute atomic E-state index is 12.4. The van der Waals surface area contributed by atoms with Crippen LogP contribution in [-0.2, 0) is 9.53 Å². The van der Waals surface area contributed by atoms with Gasteiger partial charge in [0.15, 0.2) is 0 Å². The number of esters is 1. The van der Waals surface area contributed by atoms with Crippen molar-refractivity contribution in [3.05, 3.63) is 50.9 Å². The zero-order valence-electron chi connectivity index (χ0n) is 14.0. The Balaban J connectivity index is 2.10. The van der Waals surface area contributed by atoms with Crippen molar-refractivity contribution in [1.29, 1.82) is 0 Å². The fourth-order valence-electron chi connectivity index (χ4n) is 2.20. The first-order valence-electron chi connectivity index (χ1n) is 7.88. The lowest BCUT2D eigenvalue weighted by atomic mass is 10.2. The molecule has 2 aromatic rings. The Kier molecular flexibility index (Phi) is 6.84. The van der Waals surface area contributed by atoms with Gasteiger partial charge >= 0.3 is 5.97 Å². The van der Waals surface area contributed by atoms with E-state index in [1.807, 2.05) is 6.92 Å². The van der Waals surface area contributed by atoms with Gasteiger partial charge in [0.2, 0.25) is 0 Å². The van der Waals surface area contributed by atoms with Crippen LogP contribution in [0, 0.1) is 0 Å². The van der Waals surface area contributed by atoms with Crippen LogP contribution in [0.5, 0.6) is 0 Å². The number of hydrogen-bond acceptors (Lipinski definition) is 5. The van der Waals surface area contributed by atoms with Crippen LogP contribution in [-0.4, -0.2) is 28.4 Å². The van der Waals surface area contributed by atoms with E-state index in [0.717, 1.165) is 0 Å². The van der Waals surface area contributed by atoms with Crippen molar-refractivity contribution in [2.24, 2.45) is 0 Å². The fourth-order valence-corrected chi connectivity index (χ4v) is 2.51. The third-order valence-electron chi connectivity index (χ3n) is 3.48. The molecule has 1 aromatic carbocycles. The van der Waals surface area contributed by atoms with Crippen molar-refractivity contribution in [3.63, 3.8) is 0 Å². The number of halogens is 2. The molecule has 0 amide bonds. The number of anilines is 1. The minimum atomic E-state index is -0.438. The quantitative estimate of drug-likeness (QED) is 0.738. The zero-order valence-corrected chi connectivity index (χ0v) is 15.5. The molecule has 0 aliphatic carbocycles. The van der Waals surface area contributed by atoms with Gasteiger partial charge < -0.3 is 10.1 Å². The normalized spacial score (nSPS) is 11.8. The Bertz CT molecular complexity index is 791. The molecule has 1 unspecified atom stereocenters. The molecule has 6 nitrogen and oxygen atoms in total. The molecular formula is C17H19Cl2N3O3. The average molecular weight is 384 g/mol. The zero-order chi connectivity index (χ0) is 18.4. The Hall–Kier alpha value is -2.05. The molecule has 134 valence electrons. The standard InChI is InChI=1S/C17H19Cl2N3O3/c1-3-25-15(23)9-4-11(2)21-14-10-20-22(17(24)16(14)19)13-7-5-12(18)6-8-13/h5-8,10-11,21H,3-4,9H2,1-2H3. The highest BCUT2D eigenvalue weighted by atomic mass is 35.5. The van der Waals surface area contributed by atoms with Crippen LogP contribution in [0.4, 0.5) is 5.69 Å². The van der Waals surface area contributed by atoms with E-state index in [2.05, 4.69) is 10.4 Å².